The average molecular weight is 398 g/mol. The number of fused-ring (bicyclic) bond motifs is 1. The number of hydrogen-bond donors (Lipinski definition) is 1. The summed E-state index contributed by atoms with van der Waals surface area (Å²) >= 11 is 1.57. The highest BCUT2D eigenvalue weighted by atomic mass is 32.1. The first kappa shape index (κ1) is 18.8. The van der Waals surface area contributed by atoms with Crippen LogP contribution in [0.15, 0.2) is 29.6 Å². The summed E-state index contributed by atoms with van der Waals surface area (Å²) in [6, 6.07) is 8.31. The topological polar surface area (TPSA) is 81.9 Å². The number of nitrogens with one attached hydrogen (secondary N) is 1. The van der Waals surface area contributed by atoms with Crippen LogP contribution in [-0.2, 0) is 35.5 Å². The Balaban J connectivity index is 1.35. The van der Waals surface area contributed by atoms with Gasteiger partial charge in [0.25, 0.3) is 0 Å². The normalized spacial score (nSPS) is 16.0. The molecule has 0 spiro atoms. The molecule has 146 valence electrons. The van der Waals surface area contributed by atoms with E-state index in [1.807, 2.05) is 22.2 Å². The van der Waals surface area contributed by atoms with Crippen molar-refractivity contribution in [2.24, 2.45) is 0 Å². The Morgan fingerprint density at radius 2 is 2.29 bits per heavy atom. The molecule has 7 nitrogen and oxygen atoms in total. The smallest absolute Gasteiger partial charge is 0.226 e. The molecule has 1 aliphatic heterocycles. The van der Waals surface area contributed by atoms with Gasteiger partial charge in [-0.15, -0.1) is 11.3 Å². The van der Waals surface area contributed by atoms with E-state index >= 15 is 0 Å². The van der Waals surface area contributed by atoms with Crippen molar-refractivity contribution >= 4 is 17.2 Å². The highest BCUT2D eigenvalue weighted by Crippen LogP contribution is 2.24. The molecule has 1 amide bonds. The van der Waals surface area contributed by atoms with Crippen LogP contribution in [0.5, 0.6) is 0 Å². The van der Waals surface area contributed by atoms with Crippen molar-refractivity contribution in [3.05, 3.63) is 52.6 Å². The van der Waals surface area contributed by atoms with Gasteiger partial charge < -0.3 is 10.1 Å². The molecule has 1 aliphatic rings. The van der Waals surface area contributed by atoms with Gasteiger partial charge in [-0.3, -0.25) is 4.79 Å². The molecular formula is C20H23N5O2S. The number of hydrogen-bond acceptors (Lipinski definition) is 6. The van der Waals surface area contributed by atoms with Crippen molar-refractivity contribution in [2.75, 3.05) is 7.11 Å². The highest BCUT2D eigenvalue weighted by Gasteiger charge is 2.23. The Hall–Kier alpha value is -2.58. The summed E-state index contributed by atoms with van der Waals surface area (Å²) in [7, 11) is 1.63. The average Bonchev–Trinajstić information content (AvgIpc) is 3.28. The highest BCUT2D eigenvalue weighted by molar-refractivity contribution is 7.13. The molecule has 8 heteroatoms. The van der Waals surface area contributed by atoms with Crippen molar-refractivity contribution < 1.29 is 9.53 Å². The molecule has 3 aromatic rings. The fourth-order valence-corrected chi connectivity index (χ4v) is 4.23. The molecule has 1 aromatic carbocycles. The van der Waals surface area contributed by atoms with Gasteiger partial charge in [0.1, 0.15) is 17.4 Å². The maximum atomic E-state index is 12.5. The second-order valence-electron chi connectivity index (χ2n) is 7.05. The maximum absolute atomic E-state index is 12.5. The quantitative estimate of drug-likeness (QED) is 0.691. The summed E-state index contributed by atoms with van der Waals surface area (Å²) in [4.78, 5) is 21.6. The second kappa shape index (κ2) is 8.20. The summed E-state index contributed by atoms with van der Waals surface area (Å²) in [6.45, 7) is 3.11. The Kier molecular flexibility index (Phi) is 5.50. The number of methoxy groups -OCH3 is 1. The molecule has 0 aliphatic carbocycles. The summed E-state index contributed by atoms with van der Waals surface area (Å²) in [6.07, 6.45) is 1.95. The third-order valence-electron chi connectivity index (χ3n) is 4.70. The van der Waals surface area contributed by atoms with E-state index in [0.29, 0.717) is 19.0 Å². The predicted molar refractivity (Wildman–Crippen MR) is 107 cm³/mol. The summed E-state index contributed by atoms with van der Waals surface area (Å²) in [5.74, 6) is 1.64. The van der Waals surface area contributed by atoms with Gasteiger partial charge in [0.05, 0.1) is 18.7 Å². The van der Waals surface area contributed by atoms with Gasteiger partial charge in [0.15, 0.2) is 5.82 Å². The lowest BCUT2D eigenvalue weighted by Gasteiger charge is -2.23. The maximum Gasteiger partial charge on any atom is 0.226 e. The zero-order valence-corrected chi connectivity index (χ0v) is 16.8. The summed E-state index contributed by atoms with van der Waals surface area (Å²) < 4.78 is 6.97. The molecule has 0 saturated carbocycles. The fourth-order valence-electron chi connectivity index (χ4n) is 3.41. The van der Waals surface area contributed by atoms with Crippen LogP contribution >= 0.6 is 11.3 Å². The van der Waals surface area contributed by atoms with Gasteiger partial charge in [-0.05, 0) is 19.4 Å². The lowest BCUT2D eigenvalue weighted by molar-refractivity contribution is -0.121. The van der Waals surface area contributed by atoms with E-state index in [4.69, 9.17) is 4.74 Å². The number of ether oxygens (including phenoxy) is 1. The fraction of sp³-hybridized carbons (Fsp3) is 0.400. The van der Waals surface area contributed by atoms with Crippen LogP contribution in [-0.4, -0.2) is 38.8 Å². The van der Waals surface area contributed by atoms with Gasteiger partial charge in [-0.1, -0.05) is 23.8 Å². The van der Waals surface area contributed by atoms with Gasteiger partial charge in [0.2, 0.25) is 5.91 Å². The van der Waals surface area contributed by atoms with Crippen LogP contribution in [0.4, 0.5) is 0 Å². The minimum atomic E-state index is -0.00762. The Bertz CT molecular complexity index is 981. The summed E-state index contributed by atoms with van der Waals surface area (Å²) in [5, 5.41) is 10.5. The first-order chi connectivity index (χ1) is 13.6. The molecule has 28 heavy (non-hydrogen) atoms. The van der Waals surface area contributed by atoms with Crippen molar-refractivity contribution in [3.63, 3.8) is 0 Å². The number of thiazole rings is 1. The van der Waals surface area contributed by atoms with Crippen LogP contribution in [0.3, 0.4) is 0 Å². The van der Waals surface area contributed by atoms with Crippen LogP contribution in [0.1, 0.15) is 29.3 Å². The van der Waals surface area contributed by atoms with E-state index in [1.165, 1.54) is 5.56 Å². The van der Waals surface area contributed by atoms with Gasteiger partial charge in [-0.25, -0.2) is 14.6 Å². The molecule has 4 rings (SSSR count). The second-order valence-corrected chi connectivity index (χ2v) is 7.91. The Labute approximate surface area is 167 Å². The zero-order valence-electron chi connectivity index (χ0n) is 16.0. The largest absolute Gasteiger partial charge is 0.377 e. The van der Waals surface area contributed by atoms with Crippen molar-refractivity contribution in [2.45, 2.75) is 45.4 Å². The van der Waals surface area contributed by atoms with Crippen molar-refractivity contribution in [3.8, 4) is 10.6 Å². The number of aromatic nitrogens is 4. The molecule has 1 atom stereocenters. The lowest BCUT2D eigenvalue weighted by Crippen LogP contribution is -2.42. The van der Waals surface area contributed by atoms with Gasteiger partial charge in [0, 0.05) is 30.5 Å². The molecule has 1 unspecified atom stereocenters. The SMILES string of the molecule is COCc1nc2n(n1)CC(NC(=O)Cc1csc(-c3cccc(C)c3)n1)CC2. The summed E-state index contributed by atoms with van der Waals surface area (Å²) in [5.41, 5.74) is 3.10. The third-order valence-corrected chi connectivity index (χ3v) is 5.64. The standard InChI is InChI=1S/C20H23N5O2S/c1-13-4-3-5-14(8-13)20-22-16(12-28-20)9-19(26)21-15-6-7-18-23-17(11-27-2)24-25(18)10-15/h3-5,8,12,15H,6-7,9-11H2,1-2H3,(H,21,26). The predicted octanol–water partition coefficient (Wildman–Crippen LogP) is 2.53. The van der Waals surface area contributed by atoms with Gasteiger partial charge >= 0.3 is 0 Å². The molecule has 0 fully saturated rings. The first-order valence-corrected chi connectivity index (χ1v) is 10.2. The van der Waals surface area contributed by atoms with E-state index < -0.39 is 0 Å². The monoisotopic (exact) mass is 397 g/mol. The molecule has 3 heterocycles. The number of aryl methyl sites for hydroxylation is 2. The zero-order chi connectivity index (χ0) is 19.5. The van der Waals surface area contributed by atoms with Crippen LogP contribution in [0.25, 0.3) is 10.6 Å². The number of benzene rings is 1. The van der Waals surface area contributed by atoms with Crippen LogP contribution in [0.2, 0.25) is 0 Å². The first-order valence-electron chi connectivity index (χ1n) is 9.33. The van der Waals surface area contributed by atoms with E-state index in [2.05, 4.69) is 39.4 Å². The van der Waals surface area contributed by atoms with Crippen molar-refractivity contribution in [1.82, 2.24) is 25.1 Å². The Morgan fingerprint density at radius 3 is 3.11 bits per heavy atom. The third kappa shape index (κ3) is 4.28. The Morgan fingerprint density at radius 1 is 1.39 bits per heavy atom. The number of amides is 1. The molecule has 1 N–H and O–H groups in total. The molecule has 0 bridgehead atoms. The number of rotatable bonds is 6. The molecular weight excluding hydrogens is 374 g/mol. The molecule has 0 saturated heterocycles. The lowest BCUT2D eigenvalue weighted by atomic mass is 10.1. The minimum absolute atomic E-state index is 0.00762. The number of carbonyl (C=O) groups excluding carboxylic acids is 1. The minimum Gasteiger partial charge on any atom is -0.377 e. The van der Waals surface area contributed by atoms with E-state index in [9.17, 15) is 4.79 Å². The molecule has 2 aromatic heterocycles. The van der Waals surface area contributed by atoms with E-state index in [-0.39, 0.29) is 18.4 Å². The number of nitrogens with zero attached hydrogens (tertiary/aromatic N) is 4. The van der Waals surface area contributed by atoms with Gasteiger partial charge in [-0.2, -0.15) is 5.10 Å². The van der Waals surface area contributed by atoms with Crippen molar-refractivity contribution in [1.29, 1.82) is 0 Å². The van der Waals surface area contributed by atoms with Crippen LogP contribution in [0, 0.1) is 6.92 Å². The molecule has 0 radical (unpaired) electrons. The van der Waals surface area contributed by atoms with E-state index in [0.717, 1.165) is 34.9 Å². The number of carbonyl (C=O) groups is 1. The van der Waals surface area contributed by atoms with Crippen LogP contribution < -0.4 is 5.32 Å². The van der Waals surface area contributed by atoms with E-state index in [1.54, 1.807) is 18.4 Å².